The molecule has 19 N–H and O–H groups in total. The fourth-order valence-corrected chi connectivity index (χ4v) is 8.17. The number of amides is 10. The number of phenols is 3. The predicted molar refractivity (Wildman–Crippen MR) is 276 cm³/mol. The van der Waals surface area contributed by atoms with Crippen LogP contribution >= 0.6 is 0 Å². The van der Waals surface area contributed by atoms with Crippen LogP contribution in [0.2, 0.25) is 0 Å². The molecule has 0 aromatic heterocycles. The van der Waals surface area contributed by atoms with E-state index in [1.165, 1.54) is 77.7 Å². The van der Waals surface area contributed by atoms with Gasteiger partial charge in [0.25, 0.3) is 0 Å². The Morgan fingerprint density at radius 1 is 0.582 bits per heavy atom. The van der Waals surface area contributed by atoms with Gasteiger partial charge in [-0.3, -0.25) is 47.9 Å². The molecule has 0 radical (unpaired) electrons. The van der Waals surface area contributed by atoms with E-state index in [1.54, 1.807) is 0 Å². The van der Waals surface area contributed by atoms with Crippen molar-refractivity contribution in [2.24, 2.45) is 17.2 Å². The summed E-state index contributed by atoms with van der Waals surface area (Å²) in [4.78, 5) is 146. The van der Waals surface area contributed by atoms with Crippen molar-refractivity contribution in [1.29, 1.82) is 0 Å². The fraction of sp³-hybridized carbons (Fsp3) is 0.431. The van der Waals surface area contributed by atoms with Crippen LogP contribution in [0, 0.1) is 0 Å². The van der Waals surface area contributed by atoms with Crippen LogP contribution in [0.25, 0.3) is 0 Å². The Hall–Kier alpha value is -8.89. The molecule has 3 aromatic carbocycles. The molecule has 1 aliphatic rings. The summed E-state index contributed by atoms with van der Waals surface area (Å²) < 4.78 is 0. The van der Waals surface area contributed by atoms with Gasteiger partial charge >= 0.3 is 5.97 Å². The number of carboxylic acids is 1. The van der Waals surface area contributed by atoms with Crippen molar-refractivity contribution in [2.45, 2.75) is 119 Å². The molecule has 4 rings (SSSR count). The van der Waals surface area contributed by atoms with Gasteiger partial charge in [0.2, 0.25) is 59.1 Å². The highest BCUT2D eigenvalue weighted by molar-refractivity contribution is 5.98. The molecule has 0 saturated carbocycles. The maximum atomic E-state index is 14.5. The number of hydrogen-bond donors (Lipinski definition) is 16. The molecule has 3 aromatic rings. The van der Waals surface area contributed by atoms with Gasteiger partial charge < -0.3 is 90.0 Å². The Balaban J connectivity index is 1.51. The second kappa shape index (κ2) is 30.2. The first-order valence-electron chi connectivity index (χ1n) is 24.9. The number of aliphatic carboxylic acids is 1. The van der Waals surface area contributed by atoms with Crippen molar-refractivity contribution in [2.75, 3.05) is 19.7 Å². The van der Waals surface area contributed by atoms with E-state index in [2.05, 4.69) is 37.2 Å². The number of nitrogens with zero attached hydrogens (tertiary/aromatic N) is 1. The number of nitrogens with two attached hydrogens (primary N) is 3. The van der Waals surface area contributed by atoms with Gasteiger partial charge in [-0.2, -0.15) is 0 Å². The van der Waals surface area contributed by atoms with E-state index >= 15 is 0 Å². The van der Waals surface area contributed by atoms with E-state index in [4.69, 9.17) is 17.2 Å². The van der Waals surface area contributed by atoms with E-state index in [1.807, 2.05) is 0 Å². The first-order valence-corrected chi connectivity index (χ1v) is 24.9. The molecule has 1 heterocycles. The minimum atomic E-state index is -1.78. The first-order chi connectivity index (χ1) is 37.3. The molecule has 428 valence electrons. The van der Waals surface area contributed by atoms with E-state index in [-0.39, 0.29) is 75.2 Å². The zero-order valence-electron chi connectivity index (χ0n) is 43.0. The first kappa shape index (κ1) is 62.6. The highest BCUT2D eigenvalue weighted by Gasteiger charge is 2.40. The number of primary amides is 2. The van der Waals surface area contributed by atoms with Gasteiger partial charge in [0.1, 0.15) is 53.5 Å². The van der Waals surface area contributed by atoms with Crippen LogP contribution in [0.1, 0.15) is 62.1 Å². The number of hydrogen-bond acceptors (Lipinski definition) is 17. The third kappa shape index (κ3) is 20.2. The molecule has 9 atom stereocenters. The smallest absolute Gasteiger partial charge is 0.328 e. The van der Waals surface area contributed by atoms with Gasteiger partial charge in [-0.05, 0) is 85.7 Å². The lowest BCUT2D eigenvalue weighted by Gasteiger charge is -2.30. The van der Waals surface area contributed by atoms with Crippen LogP contribution in [0.4, 0.5) is 0 Å². The normalized spacial score (nSPS) is 15.9. The van der Waals surface area contributed by atoms with E-state index in [9.17, 15) is 83.4 Å². The molecule has 1 saturated heterocycles. The Morgan fingerprint density at radius 3 is 1.51 bits per heavy atom. The molecule has 28 nitrogen and oxygen atoms in total. The van der Waals surface area contributed by atoms with Gasteiger partial charge in [0.05, 0.1) is 25.3 Å². The van der Waals surface area contributed by atoms with Crippen molar-refractivity contribution < 1.29 is 83.4 Å². The number of phenolic OH excluding ortho intramolecular Hbond substituents is 3. The lowest BCUT2D eigenvalue weighted by molar-refractivity contribution is -0.145. The number of aliphatic hydroxyl groups excluding tert-OH is 2. The molecule has 0 unspecified atom stereocenters. The highest BCUT2D eigenvalue weighted by Crippen LogP contribution is 2.22. The number of carboxylic acid groups (broad SMARTS) is 1. The SMILES string of the molecule is C[C@@H](O)[C@H](NC(=O)[C@H](Cc1ccc(O)cc1)NC(=O)[C@@H]1CCCN1C(=O)[C@H](Cc1ccc(O)cc1)NC(=O)CNC(=O)[C@H](CO)NC(=O)[C@H](Cc1ccc(O)cc1)NC(=O)[C@H](CCC(N)=O)NC(=O)[C@@H](N)CCC(N)=O)C(=O)O. The Kier molecular flexibility index (Phi) is 23.9. The summed E-state index contributed by atoms with van der Waals surface area (Å²) in [6, 6.07) is 4.49. The van der Waals surface area contributed by atoms with Gasteiger partial charge in [-0.25, -0.2) is 4.79 Å². The summed E-state index contributed by atoms with van der Waals surface area (Å²) in [7, 11) is 0. The van der Waals surface area contributed by atoms with Gasteiger partial charge in [0, 0.05) is 38.6 Å². The maximum absolute atomic E-state index is 14.5. The molecule has 10 amide bonds. The third-order valence-corrected chi connectivity index (χ3v) is 12.5. The predicted octanol–water partition coefficient (Wildman–Crippen LogP) is -4.84. The van der Waals surface area contributed by atoms with Crippen LogP contribution in [-0.4, -0.2) is 175 Å². The lowest BCUT2D eigenvalue weighted by Crippen LogP contribution is -2.60. The summed E-state index contributed by atoms with van der Waals surface area (Å²) >= 11 is 0. The van der Waals surface area contributed by atoms with Crippen LogP contribution in [0.15, 0.2) is 72.8 Å². The van der Waals surface area contributed by atoms with Crippen LogP contribution in [0.5, 0.6) is 17.2 Å². The summed E-state index contributed by atoms with van der Waals surface area (Å²) in [6.07, 6.45) is -3.14. The Labute approximate surface area is 452 Å². The molecule has 0 aliphatic carbocycles. The molecule has 1 aliphatic heterocycles. The second-order valence-corrected chi connectivity index (χ2v) is 18.7. The highest BCUT2D eigenvalue weighted by atomic mass is 16.4. The average molecular weight is 1110 g/mol. The number of carbonyl (C=O) groups is 11. The number of carbonyl (C=O) groups excluding carboxylic acids is 10. The zero-order valence-corrected chi connectivity index (χ0v) is 43.0. The summed E-state index contributed by atoms with van der Waals surface area (Å²) in [5.41, 5.74) is 17.5. The number of aliphatic hydroxyl groups is 2. The minimum Gasteiger partial charge on any atom is -0.508 e. The number of benzene rings is 3. The minimum absolute atomic E-state index is 0.00510. The lowest BCUT2D eigenvalue weighted by atomic mass is 10.0. The van der Waals surface area contributed by atoms with Crippen molar-refractivity contribution in [3.8, 4) is 17.2 Å². The summed E-state index contributed by atoms with van der Waals surface area (Å²) in [5, 5.41) is 76.2. The summed E-state index contributed by atoms with van der Waals surface area (Å²) in [5.74, 6) is -11.2. The van der Waals surface area contributed by atoms with Crippen molar-refractivity contribution in [3.05, 3.63) is 89.5 Å². The van der Waals surface area contributed by atoms with Gasteiger partial charge in [-0.1, -0.05) is 36.4 Å². The largest absolute Gasteiger partial charge is 0.508 e. The van der Waals surface area contributed by atoms with Crippen molar-refractivity contribution in [1.82, 2.24) is 42.1 Å². The van der Waals surface area contributed by atoms with E-state index in [0.717, 1.165) is 6.92 Å². The van der Waals surface area contributed by atoms with Gasteiger partial charge in [0.15, 0.2) is 6.04 Å². The maximum Gasteiger partial charge on any atom is 0.328 e. The number of nitrogens with one attached hydrogen (secondary N) is 7. The number of aromatic hydroxyl groups is 3. The zero-order chi connectivity index (χ0) is 58.5. The van der Waals surface area contributed by atoms with Crippen molar-refractivity contribution >= 4 is 65.0 Å². The summed E-state index contributed by atoms with van der Waals surface area (Å²) in [6.45, 7) is -0.778. The Morgan fingerprint density at radius 2 is 1.03 bits per heavy atom. The topological polar surface area (TPSA) is 475 Å². The van der Waals surface area contributed by atoms with Crippen LogP contribution in [-0.2, 0) is 72.0 Å². The molecule has 0 spiro atoms. The average Bonchev–Trinajstić information content (AvgIpc) is 3.91. The molecule has 28 heteroatoms. The number of rotatable bonds is 30. The number of likely N-dealkylation sites (tertiary alicyclic amines) is 1. The monoisotopic (exact) mass is 1110 g/mol. The molecule has 1 fully saturated rings. The quantitative estimate of drug-likeness (QED) is 0.0298. The Bertz CT molecular complexity index is 2660. The third-order valence-electron chi connectivity index (χ3n) is 12.5. The van der Waals surface area contributed by atoms with Gasteiger partial charge in [-0.15, -0.1) is 0 Å². The van der Waals surface area contributed by atoms with E-state index < -0.39 is 139 Å². The van der Waals surface area contributed by atoms with Crippen LogP contribution < -0.4 is 54.4 Å². The fourth-order valence-electron chi connectivity index (χ4n) is 8.17. The van der Waals surface area contributed by atoms with Crippen LogP contribution in [0.3, 0.4) is 0 Å². The standard InChI is InChI=1S/C51H67N11O17/c1-26(64)43(51(78)79)61-48(75)36(22-28-6-12-31(66)13-7-28)59-49(76)39-3-2-20-62(39)50(77)37(23-29-8-14-32(67)15-9-29)56-42(70)24-55-45(72)38(25-63)60-47(74)35(21-27-4-10-30(65)11-5-27)58-46(73)34(17-19-41(54)69)57-44(71)33(52)16-18-40(53)68/h4-15,26,33-39,43,63-67H,2-3,16-25,52H2,1H3,(H2,53,68)(H2,54,69)(H,55,72)(H,56,70)(H,57,71)(H,58,73)(H,59,76)(H,60,74)(H,61,75)(H,78,79)/t26-,33+,34+,35+,36+,37+,38+,39+,43+/m1/s1. The van der Waals surface area contributed by atoms with E-state index in [0.29, 0.717) is 16.7 Å². The second-order valence-electron chi connectivity index (χ2n) is 18.7. The molecule has 0 bridgehead atoms. The van der Waals surface area contributed by atoms with Crippen molar-refractivity contribution in [3.63, 3.8) is 0 Å². The molecule has 79 heavy (non-hydrogen) atoms. The molecular formula is C51H67N11O17. The molecular weight excluding hydrogens is 1040 g/mol.